The van der Waals surface area contributed by atoms with E-state index in [2.05, 4.69) is 0 Å². The van der Waals surface area contributed by atoms with Gasteiger partial charge >= 0.3 is 5.97 Å². The van der Waals surface area contributed by atoms with Gasteiger partial charge in [0.25, 0.3) is 0 Å². The molecule has 0 saturated heterocycles. The molecule has 0 fully saturated rings. The Hall–Kier alpha value is -1.45. The molecule has 0 radical (unpaired) electrons. The van der Waals surface area contributed by atoms with E-state index in [9.17, 15) is 18.0 Å². The zero-order chi connectivity index (χ0) is 16.5. The van der Waals surface area contributed by atoms with Gasteiger partial charge in [-0.3, -0.25) is 4.79 Å². The van der Waals surface area contributed by atoms with Gasteiger partial charge in [0.2, 0.25) is 15.9 Å². The second kappa shape index (κ2) is 6.35. The molecule has 0 saturated carbocycles. The number of fused-ring (bicyclic) bond motifs is 1. The molecule has 1 aliphatic heterocycles. The van der Waals surface area contributed by atoms with Crippen LogP contribution in [0.4, 0.5) is 0 Å². The first-order chi connectivity index (χ1) is 10.3. The smallest absolute Gasteiger partial charge is 0.333 e. The number of ether oxygens (including phenoxy) is 1. The molecule has 0 aromatic carbocycles. The van der Waals surface area contributed by atoms with Gasteiger partial charge in [-0.15, -0.1) is 11.3 Å². The van der Waals surface area contributed by atoms with Crippen molar-refractivity contribution in [2.45, 2.75) is 12.5 Å². The van der Waals surface area contributed by atoms with Crippen LogP contribution in [0.1, 0.15) is 16.5 Å². The predicted octanol–water partition coefficient (Wildman–Crippen LogP) is 0.238. The minimum absolute atomic E-state index is 0.300. The number of likely N-dealkylation sites (N-methyl/N-ethyl adjacent to an activating group) is 1. The number of hydrogen-bond donors (Lipinski definition) is 0. The number of thiophene rings is 1. The Morgan fingerprint density at radius 1 is 1.50 bits per heavy atom. The van der Waals surface area contributed by atoms with E-state index < -0.39 is 27.9 Å². The van der Waals surface area contributed by atoms with Crippen molar-refractivity contribution in [2.24, 2.45) is 0 Å². The van der Waals surface area contributed by atoms with Crippen molar-refractivity contribution >= 4 is 33.2 Å². The third-order valence-corrected chi connectivity index (χ3v) is 5.89. The second-order valence-corrected chi connectivity index (χ2v) is 8.17. The molecule has 122 valence electrons. The number of esters is 1. The summed E-state index contributed by atoms with van der Waals surface area (Å²) in [7, 11) is -0.852. The molecular weight excluding hydrogens is 328 g/mol. The van der Waals surface area contributed by atoms with Crippen LogP contribution in [-0.4, -0.2) is 63.0 Å². The van der Waals surface area contributed by atoms with Crippen molar-refractivity contribution in [3.8, 4) is 0 Å². The largest absolute Gasteiger partial charge is 0.467 e. The van der Waals surface area contributed by atoms with Gasteiger partial charge in [0.1, 0.15) is 0 Å². The molecule has 1 aromatic rings. The summed E-state index contributed by atoms with van der Waals surface area (Å²) >= 11 is 1.54. The quantitative estimate of drug-likeness (QED) is 0.729. The van der Waals surface area contributed by atoms with Gasteiger partial charge in [-0.25, -0.2) is 13.2 Å². The number of methoxy groups -OCH3 is 1. The Bertz CT molecular complexity index is 682. The summed E-state index contributed by atoms with van der Waals surface area (Å²) in [6.07, 6.45) is 1.68. The number of hydrogen-bond acceptors (Lipinski definition) is 6. The third-order valence-electron chi connectivity index (χ3n) is 3.63. The molecule has 1 atom stereocenters. The van der Waals surface area contributed by atoms with E-state index in [0.717, 1.165) is 21.0 Å². The van der Waals surface area contributed by atoms with Crippen LogP contribution in [-0.2, 0) is 30.8 Å². The Kier molecular flexibility index (Phi) is 4.88. The zero-order valence-corrected chi connectivity index (χ0v) is 14.2. The van der Waals surface area contributed by atoms with Crippen LogP contribution in [0.2, 0.25) is 0 Å². The Morgan fingerprint density at radius 2 is 2.18 bits per heavy atom. The van der Waals surface area contributed by atoms with Crippen molar-refractivity contribution < 1.29 is 22.7 Å². The lowest BCUT2D eigenvalue weighted by Gasteiger charge is -2.34. The lowest BCUT2D eigenvalue weighted by atomic mass is 10.00. The van der Waals surface area contributed by atoms with Gasteiger partial charge in [-0.05, 0) is 23.4 Å². The van der Waals surface area contributed by atoms with Crippen molar-refractivity contribution in [3.05, 3.63) is 21.9 Å². The van der Waals surface area contributed by atoms with E-state index in [0.29, 0.717) is 13.0 Å². The fourth-order valence-electron chi connectivity index (χ4n) is 2.35. The van der Waals surface area contributed by atoms with Crippen LogP contribution in [0.15, 0.2) is 11.4 Å². The highest BCUT2D eigenvalue weighted by Gasteiger charge is 2.37. The van der Waals surface area contributed by atoms with E-state index in [4.69, 9.17) is 4.74 Å². The van der Waals surface area contributed by atoms with E-state index in [1.807, 2.05) is 5.38 Å². The maximum atomic E-state index is 12.4. The predicted molar refractivity (Wildman–Crippen MR) is 82.0 cm³/mol. The van der Waals surface area contributed by atoms with Crippen LogP contribution in [0.25, 0.3) is 0 Å². The normalized spacial score (nSPS) is 18.2. The standard InChI is InChI=1S/C13H18N2O5S2/c1-14(22(3,18)19)8-11(16)15-6-4-10-9(5-7-21-10)12(15)13(17)20-2/h5,7,12H,4,6,8H2,1-3H3. The molecule has 2 heterocycles. The summed E-state index contributed by atoms with van der Waals surface area (Å²) in [5.41, 5.74) is 0.762. The van der Waals surface area contributed by atoms with Crippen molar-refractivity contribution in [2.75, 3.05) is 33.5 Å². The van der Waals surface area contributed by atoms with Gasteiger partial charge in [-0.2, -0.15) is 4.31 Å². The number of carbonyl (C=O) groups is 2. The van der Waals surface area contributed by atoms with E-state index >= 15 is 0 Å². The summed E-state index contributed by atoms with van der Waals surface area (Å²) in [6, 6.07) is 1.00. The van der Waals surface area contributed by atoms with Crippen LogP contribution in [0.3, 0.4) is 0 Å². The second-order valence-electron chi connectivity index (χ2n) is 5.08. The highest BCUT2D eigenvalue weighted by atomic mass is 32.2. The summed E-state index contributed by atoms with van der Waals surface area (Å²) in [6.45, 7) is 0.0650. The highest BCUT2D eigenvalue weighted by Crippen LogP contribution is 2.34. The van der Waals surface area contributed by atoms with Crippen LogP contribution in [0, 0.1) is 0 Å². The monoisotopic (exact) mass is 346 g/mol. The lowest BCUT2D eigenvalue weighted by molar-refractivity contribution is -0.153. The van der Waals surface area contributed by atoms with Crippen molar-refractivity contribution in [1.82, 2.24) is 9.21 Å². The first-order valence-corrected chi connectivity index (χ1v) is 9.33. The van der Waals surface area contributed by atoms with Gasteiger partial charge in [0.15, 0.2) is 6.04 Å². The number of sulfonamides is 1. The highest BCUT2D eigenvalue weighted by molar-refractivity contribution is 7.88. The zero-order valence-electron chi connectivity index (χ0n) is 12.6. The molecule has 9 heteroatoms. The molecule has 0 N–H and O–H groups in total. The maximum Gasteiger partial charge on any atom is 0.333 e. The summed E-state index contributed by atoms with van der Waals surface area (Å²) in [4.78, 5) is 27.0. The Labute approximate surface area is 133 Å². The maximum absolute atomic E-state index is 12.4. The molecule has 7 nitrogen and oxygen atoms in total. The number of carbonyl (C=O) groups excluding carboxylic acids is 2. The molecule has 1 aromatic heterocycles. The Balaban J connectivity index is 2.26. The van der Waals surface area contributed by atoms with Crippen molar-refractivity contribution in [1.29, 1.82) is 0 Å². The summed E-state index contributed by atoms with van der Waals surface area (Å²) in [5.74, 6) is -0.935. The average molecular weight is 346 g/mol. The topological polar surface area (TPSA) is 84.0 Å². The molecule has 22 heavy (non-hydrogen) atoms. The minimum atomic E-state index is -3.46. The number of amides is 1. The first kappa shape index (κ1) is 16.9. The van der Waals surface area contributed by atoms with Gasteiger partial charge in [-0.1, -0.05) is 0 Å². The van der Waals surface area contributed by atoms with E-state index in [1.165, 1.54) is 30.4 Å². The molecule has 1 amide bonds. The molecule has 0 bridgehead atoms. The fourth-order valence-corrected chi connectivity index (χ4v) is 3.60. The number of nitrogens with zero attached hydrogens (tertiary/aromatic N) is 2. The van der Waals surface area contributed by atoms with Gasteiger partial charge < -0.3 is 9.64 Å². The number of rotatable bonds is 4. The first-order valence-electron chi connectivity index (χ1n) is 6.60. The van der Waals surface area contributed by atoms with E-state index in [-0.39, 0.29) is 6.54 Å². The average Bonchev–Trinajstić information content (AvgIpc) is 2.92. The fraction of sp³-hybridized carbons (Fsp3) is 0.538. The minimum Gasteiger partial charge on any atom is -0.467 e. The van der Waals surface area contributed by atoms with Crippen LogP contribution >= 0.6 is 11.3 Å². The van der Waals surface area contributed by atoms with Crippen molar-refractivity contribution in [3.63, 3.8) is 0 Å². The lowest BCUT2D eigenvalue weighted by Crippen LogP contribution is -2.47. The Morgan fingerprint density at radius 3 is 2.77 bits per heavy atom. The molecular formula is C13H18N2O5S2. The van der Waals surface area contributed by atoms with Crippen LogP contribution < -0.4 is 0 Å². The SMILES string of the molecule is COC(=O)C1c2ccsc2CCN1C(=O)CN(C)S(C)(=O)=O. The molecule has 0 aliphatic carbocycles. The molecule has 2 rings (SSSR count). The summed E-state index contributed by atoms with van der Waals surface area (Å²) in [5, 5.41) is 1.87. The summed E-state index contributed by atoms with van der Waals surface area (Å²) < 4.78 is 28.7. The molecule has 0 spiro atoms. The van der Waals surface area contributed by atoms with Crippen LogP contribution in [0.5, 0.6) is 0 Å². The van der Waals surface area contributed by atoms with E-state index in [1.54, 1.807) is 6.07 Å². The third kappa shape index (κ3) is 3.31. The molecule has 1 unspecified atom stereocenters. The molecule has 1 aliphatic rings. The van der Waals surface area contributed by atoms with Gasteiger partial charge in [0.05, 0.1) is 19.9 Å². The van der Waals surface area contributed by atoms with Gasteiger partial charge in [0, 0.05) is 18.5 Å².